The number of benzene rings is 2. The minimum atomic E-state index is -0.204. The minimum absolute atomic E-state index is 0.188. The SMILES string of the molecule is COc1cc(C)c(Br)cc1C(Cl)C(C)(C)c1ccccc1. The molecule has 0 aliphatic carbocycles. The number of rotatable bonds is 4. The molecule has 1 nitrogen and oxygen atoms in total. The van der Waals surface area contributed by atoms with E-state index in [1.807, 2.05) is 31.2 Å². The molecule has 0 heterocycles. The summed E-state index contributed by atoms with van der Waals surface area (Å²) in [4.78, 5) is 0. The molecule has 3 heteroatoms. The Labute approximate surface area is 140 Å². The predicted octanol–water partition coefficient (Wildman–Crippen LogP) is 6.02. The third kappa shape index (κ3) is 3.27. The topological polar surface area (TPSA) is 9.23 Å². The molecule has 0 fully saturated rings. The average Bonchev–Trinajstić information content (AvgIpc) is 2.49. The number of methoxy groups -OCH3 is 1. The van der Waals surface area contributed by atoms with Gasteiger partial charge in [-0.3, -0.25) is 0 Å². The third-order valence-corrected chi connectivity index (χ3v) is 5.57. The van der Waals surface area contributed by atoms with Crippen molar-refractivity contribution >= 4 is 27.5 Å². The van der Waals surface area contributed by atoms with E-state index in [1.165, 1.54) is 5.56 Å². The normalized spacial score (nSPS) is 13.0. The lowest BCUT2D eigenvalue weighted by molar-refractivity contribution is 0.399. The summed E-state index contributed by atoms with van der Waals surface area (Å²) >= 11 is 10.4. The molecule has 0 N–H and O–H groups in total. The molecule has 0 amide bonds. The van der Waals surface area contributed by atoms with Crippen LogP contribution in [0.3, 0.4) is 0 Å². The predicted molar refractivity (Wildman–Crippen MR) is 93.5 cm³/mol. The summed E-state index contributed by atoms with van der Waals surface area (Å²) in [7, 11) is 1.69. The lowest BCUT2D eigenvalue weighted by atomic mass is 9.78. The van der Waals surface area contributed by atoms with Crippen molar-refractivity contribution in [1.29, 1.82) is 0 Å². The molecule has 2 aromatic rings. The number of halogens is 2. The maximum Gasteiger partial charge on any atom is 0.123 e. The van der Waals surface area contributed by atoms with Crippen LogP contribution in [0, 0.1) is 6.92 Å². The molecule has 2 aromatic carbocycles. The standard InChI is InChI=1S/C18H20BrClO/c1-12-10-16(21-4)14(11-15(12)19)17(20)18(2,3)13-8-6-5-7-9-13/h5-11,17H,1-4H3. The first-order chi connectivity index (χ1) is 9.87. The molecule has 0 aliphatic rings. The van der Waals surface area contributed by atoms with E-state index in [2.05, 4.69) is 48.0 Å². The van der Waals surface area contributed by atoms with Crippen molar-refractivity contribution in [2.75, 3.05) is 7.11 Å². The maximum absolute atomic E-state index is 6.84. The van der Waals surface area contributed by atoms with Crippen molar-refractivity contribution in [2.45, 2.75) is 31.6 Å². The van der Waals surface area contributed by atoms with Gasteiger partial charge in [-0.1, -0.05) is 60.1 Å². The number of aryl methyl sites for hydroxylation is 1. The van der Waals surface area contributed by atoms with Crippen LogP contribution in [0.4, 0.5) is 0 Å². The van der Waals surface area contributed by atoms with Gasteiger partial charge in [-0.05, 0) is 30.2 Å². The Morgan fingerprint density at radius 2 is 1.76 bits per heavy atom. The van der Waals surface area contributed by atoms with Gasteiger partial charge >= 0.3 is 0 Å². The highest BCUT2D eigenvalue weighted by molar-refractivity contribution is 9.10. The van der Waals surface area contributed by atoms with E-state index in [9.17, 15) is 0 Å². The average molecular weight is 368 g/mol. The van der Waals surface area contributed by atoms with Crippen LogP contribution in [0.25, 0.3) is 0 Å². The number of hydrogen-bond acceptors (Lipinski definition) is 1. The van der Waals surface area contributed by atoms with Gasteiger partial charge in [0.1, 0.15) is 5.75 Å². The summed E-state index contributed by atoms with van der Waals surface area (Å²) < 4.78 is 6.58. The number of alkyl halides is 1. The van der Waals surface area contributed by atoms with Crippen LogP contribution in [-0.2, 0) is 5.41 Å². The van der Waals surface area contributed by atoms with Gasteiger partial charge in [-0.15, -0.1) is 11.6 Å². The molecule has 112 valence electrons. The second kappa shape index (κ2) is 6.41. The molecule has 0 radical (unpaired) electrons. The van der Waals surface area contributed by atoms with Crippen LogP contribution in [-0.4, -0.2) is 7.11 Å². The van der Waals surface area contributed by atoms with Crippen LogP contribution < -0.4 is 4.74 Å². The first-order valence-electron chi connectivity index (χ1n) is 6.91. The van der Waals surface area contributed by atoms with Gasteiger partial charge in [0.25, 0.3) is 0 Å². The van der Waals surface area contributed by atoms with Gasteiger partial charge in [0.15, 0.2) is 0 Å². The Balaban J connectivity index is 2.49. The first kappa shape index (κ1) is 16.4. The summed E-state index contributed by atoms with van der Waals surface area (Å²) in [6.07, 6.45) is 0. The van der Waals surface area contributed by atoms with Crippen LogP contribution >= 0.6 is 27.5 Å². The van der Waals surface area contributed by atoms with E-state index >= 15 is 0 Å². The van der Waals surface area contributed by atoms with Crippen molar-refractivity contribution in [3.05, 3.63) is 63.6 Å². The monoisotopic (exact) mass is 366 g/mol. The molecular weight excluding hydrogens is 348 g/mol. The van der Waals surface area contributed by atoms with Crippen molar-refractivity contribution in [1.82, 2.24) is 0 Å². The van der Waals surface area contributed by atoms with Gasteiger partial charge in [-0.25, -0.2) is 0 Å². The lowest BCUT2D eigenvalue weighted by Gasteiger charge is -2.32. The minimum Gasteiger partial charge on any atom is -0.496 e. The fourth-order valence-electron chi connectivity index (χ4n) is 2.45. The maximum atomic E-state index is 6.84. The van der Waals surface area contributed by atoms with Gasteiger partial charge < -0.3 is 4.74 Å². The van der Waals surface area contributed by atoms with Crippen LogP contribution in [0.1, 0.15) is 35.9 Å². The Bertz CT molecular complexity index is 623. The second-order valence-corrected chi connectivity index (χ2v) is 7.08. The van der Waals surface area contributed by atoms with Crippen molar-refractivity contribution in [3.63, 3.8) is 0 Å². The number of hydrogen-bond donors (Lipinski definition) is 0. The van der Waals surface area contributed by atoms with Gasteiger partial charge in [0.05, 0.1) is 12.5 Å². The fraction of sp³-hybridized carbons (Fsp3) is 0.333. The van der Waals surface area contributed by atoms with Gasteiger partial charge in [0.2, 0.25) is 0 Å². The van der Waals surface area contributed by atoms with E-state index < -0.39 is 0 Å². The van der Waals surface area contributed by atoms with Gasteiger partial charge in [-0.2, -0.15) is 0 Å². The lowest BCUT2D eigenvalue weighted by Crippen LogP contribution is -2.23. The highest BCUT2D eigenvalue weighted by Crippen LogP contribution is 2.45. The van der Waals surface area contributed by atoms with E-state index in [-0.39, 0.29) is 10.8 Å². The van der Waals surface area contributed by atoms with E-state index in [0.29, 0.717) is 0 Å². The zero-order valence-corrected chi connectivity index (χ0v) is 15.1. The molecule has 0 spiro atoms. The third-order valence-electron chi connectivity index (χ3n) is 3.94. The molecule has 0 aliphatic heterocycles. The zero-order valence-electron chi connectivity index (χ0n) is 12.8. The van der Waals surface area contributed by atoms with Crippen molar-refractivity contribution in [2.24, 2.45) is 0 Å². The molecule has 0 saturated heterocycles. The number of ether oxygens (including phenoxy) is 1. The molecule has 0 saturated carbocycles. The van der Waals surface area contributed by atoms with E-state index in [4.69, 9.17) is 16.3 Å². The van der Waals surface area contributed by atoms with Crippen molar-refractivity contribution in [3.8, 4) is 5.75 Å². The quantitative estimate of drug-likeness (QED) is 0.600. The Hall–Kier alpha value is -0.990. The highest BCUT2D eigenvalue weighted by atomic mass is 79.9. The zero-order chi connectivity index (χ0) is 15.6. The van der Waals surface area contributed by atoms with Crippen molar-refractivity contribution < 1.29 is 4.74 Å². The molecule has 1 unspecified atom stereocenters. The molecule has 0 aromatic heterocycles. The van der Waals surface area contributed by atoms with Crippen LogP contribution in [0.2, 0.25) is 0 Å². The fourth-order valence-corrected chi connectivity index (χ4v) is 3.11. The summed E-state index contributed by atoms with van der Waals surface area (Å²) in [6.45, 7) is 6.36. The first-order valence-corrected chi connectivity index (χ1v) is 8.14. The Morgan fingerprint density at radius 3 is 2.33 bits per heavy atom. The molecule has 0 bridgehead atoms. The van der Waals surface area contributed by atoms with E-state index in [0.717, 1.165) is 21.3 Å². The largest absolute Gasteiger partial charge is 0.496 e. The summed E-state index contributed by atoms with van der Waals surface area (Å²) in [6, 6.07) is 14.4. The van der Waals surface area contributed by atoms with E-state index in [1.54, 1.807) is 7.11 Å². The Morgan fingerprint density at radius 1 is 1.14 bits per heavy atom. The summed E-state index contributed by atoms with van der Waals surface area (Å²) in [5.74, 6) is 0.833. The molecular formula is C18H20BrClO. The van der Waals surface area contributed by atoms with Crippen LogP contribution in [0.15, 0.2) is 46.9 Å². The molecule has 1 atom stereocenters. The Kier molecular flexibility index (Phi) is 5.00. The second-order valence-electron chi connectivity index (χ2n) is 5.79. The molecule has 2 rings (SSSR count). The smallest absolute Gasteiger partial charge is 0.123 e. The summed E-state index contributed by atoms with van der Waals surface area (Å²) in [5, 5.41) is -0.188. The highest BCUT2D eigenvalue weighted by Gasteiger charge is 2.33. The van der Waals surface area contributed by atoms with Gasteiger partial charge in [0, 0.05) is 15.5 Å². The summed E-state index contributed by atoms with van der Waals surface area (Å²) in [5.41, 5.74) is 3.15. The van der Waals surface area contributed by atoms with Crippen LogP contribution in [0.5, 0.6) is 5.75 Å². The molecule has 21 heavy (non-hydrogen) atoms.